The third-order valence-electron chi connectivity index (χ3n) is 2.42. The smallest absolute Gasteiger partial charge is 0.237 e. The molecule has 0 bridgehead atoms. The lowest BCUT2D eigenvalue weighted by molar-refractivity contribution is -0.122. The summed E-state index contributed by atoms with van der Waals surface area (Å²) in [5.41, 5.74) is 8.10. The van der Waals surface area contributed by atoms with E-state index in [9.17, 15) is 4.79 Å². The van der Waals surface area contributed by atoms with Gasteiger partial charge in [-0.25, -0.2) is 0 Å². The lowest BCUT2D eigenvalue weighted by Gasteiger charge is -2.11. The Morgan fingerprint density at radius 3 is 2.59 bits per heavy atom. The van der Waals surface area contributed by atoms with Crippen molar-refractivity contribution in [2.45, 2.75) is 26.3 Å². The van der Waals surface area contributed by atoms with Crippen LogP contribution in [-0.2, 0) is 11.2 Å². The molecule has 0 saturated heterocycles. The number of benzene rings is 1. The topological polar surface area (TPSA) is 55.1 Å². The molecule has 1 rings (SSSR count). The molecular formula is C14H20N2O. The van der Waals surface area contributed by atoms with Gasteiger partial charge in [-0.1, -0.05) is 42.0 Å². The van der Waals surface area contributed by atoms with Crippen molar-refractivity contribution in [2.75, 3.05) is 6.54 Å². The maximum absolute atomic E-state index is 11.7. The summed E-state index contributed by atoms with van der Waals surface area (Å²) in [5, 5.41) is 2.79. The van der Waals surface area contributed by atoms with E-state index >= 15 is 0 Å². The molecule has 0 heterocycles. The van der Waals surface area contributed by atoms with Gasteiger partial charge in [-0.05, 0) is 25.8 Å². The molecule has 3 N–H and O–H groups in total. The van der Waals surface area contributed by atoms with E-state index in [1.807, 2.05) is 50.3 Å². The number of amides is 1. The van der Waals surface area contributed by atoms with E-state index in [0.717, 1.165) is 5.56 Å². The molecule has 0 spiro atoms. The first-order valence-corrected chi connectivity index (χ1v) is 5.80. The van der Waals surface area contributed by atoms with E-state index in [1.54, 1.807) is 0 Å². The van der Waals surface area contributed by atoms with Gasteiger partial charge in [0.05, 0.1) is 6.04 Å². The maximum Gasteiger partial charge on any atom is 0.237 e. The van der Waals surface area contributed by atoms with Gasteiger partial charge in [-0.3, -0.25) is 4.79 Å². The van der Waals surface area contributed by atoms with Crippen molar-refractivity contribution in [3.05, 3.63) is 47.5 Å². The Kier molecular flexibility index (Phi) is 5.43. The molecule has 0 aromatic heterocycles. The minimum Gasteiger partial charge on any atom is -0.351 e. The van der Waals surface area contributed by atoms with Gasteiger partial charge in [0.1, 0.15) is 0 Å². The van der Waals surface area contributed by atoms with E-state index in [1.165, 1.54) is 5.57 Å². The fourth-order valence-corrected chi connectivity index (χ4v) is 1.45. The predicted octanol–water partition coefficient (Wildman–Crippen LogP) is 1.64. The average Bonchev–Trinajstić information content (AvgIpc) is 2.29. The van der Waals surface area contributed by atoms with E-state index in [0.29, 0.717) is 13.0 Å². The summed E-state index contributed by atoms with van der Waals surface area (Å²) >= 11 is 0. The molecule has 0 aliphatic rings. The highest BCUT2D eigenvalue weighted by Crippen LogP contribution is 2.01. The van der Waals surface area contributed by atoms with E-state index < -0.39 is 6.04 Å². The zero-order valence-electron chi connectivity index (χ0n) is 10.4. The number of nitrogens with two attached hydrogens (primary N) is 1. The Morgan fingerprint density at radius 1 is 1.35 bits per heavy atom. The summed E-state index contributed by atoms with van der Waals surface area (Å²) in [6, 6.07) is 9.31. The second kappa shape index (κ2) is 6.86. The molecule has 1 aromatic rings. The highest BCUT2D eigenvalue weighted by Gasteiger charge is 2.12. The molecule has 3 heteroatoms. The second-order valence-electron chi connectivity index (χ2n) is 4.32. The van der Waals surface area contributed by atoms with Crippen molar-refractivity contribution in [2.24, 2.45) is 5.73 Å². The van der Waals surface area contributed by atoms with Crippen LogP contribution in [0.5, 0.6) is 0 Å². The van der Waals surface area contributed by atoms with Gasteiger partial charge < -0.3 is 11.1 Å². The Bertz CT molecular complexity index is 380. The largest absolute Gasteiger partial charge is 0.351 e. The van der Waals surface area contributed by atoms with Crippen LogP contribution >= 0.6 is 0 Å². The fraction of sp³-hybridized carbons (Fsp3) is 0.357. The van der Waals surface area contributed by atoms with Crippen LogP contribution in [0.25, 0.3) is 0 Å². The lowest BCUT2D eigenvalue weighted by atomic mass is 10.1. The van der Waals surface area contributed by atoms with Crippen molar-refractivity contribution < 1.29 is 4.79 Å². The van der Waals surface area contributed by atoms with Crippen LogP contribution in [0.3, 0.4) is 0 Å². The molecule has 3 nitrogen and oxygen atoms in total. The molecule has 92 valence electrons. The summed E-state index contributed by atoms with van der Waals surface area (Å²) in [6.45, 7) is 4.54. The van der Waals surface area contributed by atoms with Crippen molar-refractivity contribution in [1.29, 1.82) is 0 Å². The predicted molar refractivity (Wildman–Crippen MR) is 70.6 cm³/mol. The number of nitrogens with one attached hydrogen (secondary N) is 1. The maximum atomic E-state index is 11.7. The molecule has 0 fully saturated rings. The highest BCUT2D eigenvalue weighted by atomic mass is 16.2. The lowest BCUT2D eigenvalue weighted by Crippen LogP contribution is -2.42. The van der Waals surface area contributed by atoms with Crippen LogP contribution in [0.4, 0.5) is 0 Å². The molecular weight excluding hydrogens is 212 g/mol. The number of allylic oxidation sites excluding steroid dienone is 1. The quantitative estimate of drug-likeness (QED) is 0.758. The summed E-state index contributed by atoms with van der Waals surface area (Å²) in [5.74, 6) is -0.105. The number of carbonyl (C=O) groups excluding carboxylic acids is 1. The summed E-state index contributed by atoms with van der Waals surface area (Å²) < 4.78 is 0. The van der Waals surface area contributed by atoms with Crippen LogP contribution in [0.2, 0.25) is 0 Å². The van der Waals surface area contributed by atoms with E-state index in [4.69, 9.17) is 5.73 Å². The highest BCUT2D eigenvalue weighted by molar-refractivity contribution is 5.81. The first-order valence-electron chi connectivity index (χ1n) is 5.80. The Balaban J connectivity index is 2.40. The standard InChI is InChI=1S/C14H20N2O/c1-11(2)8-9-16-14(17)13(15)10-12-6-4-3-5-7-12/h3-8,13H,9-10,15H2,1-2H3,(H,16,17)/t13-/m1/s1. The third-order valence-corrected chi connectivity index (χ3v) is 2.42. The van der Waals surface area contributed by atoms with Crippen molar-refractivity contribution in [3.63, 3.8) is 0 Å². The molecule has 1 atom stereocenters. The van der Waals surface area contributed by atoms with Gasteiger partial charge in [0.25, 0.3) is 0 Å². The SMILES string of the molecule is CC(C)=CCNC(=O)[C@H](N)Cc1ccccc1. The van der Waals surface area contributed by atoms with Gasteiger partial charge in [0.2, 0.25) is 5.91 Å². The van der Waals surface area contributed by atoms with Crippen molar-refractivity contribution in [3.8, 4) is 0 Å². The summed E-state index contributed by atoms with van der Waals surface area (Å²) in [6.07, 6.45) is 2.54. The molecule has 0 unspecified atom stereocenters. The Labute approximate surface area is 103 Å². The zero-order valence-corrected chi connectivity index (χ0v) is 10.4. The summed E-state index contributed by atoms with van der Waals surface area (Å²) in [7, 11) is 0. The van der Waals surface area contributed by atoms with Crippen LogP contribution in [0.1, 0.15) is 19.4 Å². The van der Waals surface area contributed by atoms with Gasteiger partial charge in [-0.15, -0.1) is 0 Å². The second-order valence-corrected chi connectivity index (χ2v) is 4.32. The van der Waals surface area contributed by atoms with Crippen LogP contribution in [-0.4, -0.2) is 18.5 Å². The minimum absolute atomic E-state index is 0.105. The third kappa shape index (κ3) is 5.31. The minimum atomic E-state index is -0.483. The molecule has 17 heavy (non-hydrogen) atoms. The van der Waals surface area contributed by atoms with Crippen LogP contribution < -0.4 is 11.1 Å². The van der Waals surface area contributed by atoms with Gasteiger partial charge in [0, 0.05) is 6.54 Å². The van der Waals surface area contributed by atoms with Crippen LogP contribution in [0, 0.1) is 0 Å². The number of carbonyl (C=O) groups is 1. The molecule has 0 aliphatic carbocycles. The normalized spacial score (nSPS) is 11.7. The first-order chi connectivity index (χ1) is 8.09. The molecule has 0 aliphatic heterocycles. The van der Waals surface area contributed by atoms with Gasteiger partial charge >= 0.3 is 0 Å². The number of hydrogen-bond donors (Lipinski definition) is 2. The Morgan fingerprint density at radius 2 is 2.00 bits per heavy atom. The fourth-order valence-electron chi connectivity index (χ4n) is 1.45. The van der Waals surface area contributed by atoms with E-state index in [-0.39, 0.29) is 5.91 Å². The number of rotatable bonds is 5. The number of hydrogen-bond acceptors (Lipinski definition) is 2. The van der Waals surface area contributed by atoms with Gasteiger partial charge in [-0.2, -0.15) is 0 Å². The van der Waals surface area contributed by atoms with Gasteiger partial charge in [0.15, 0.2) is 0 Å². The van der Waals surface area contributed by atoms with E-state index in [2.05, 4.69) is 5.32 Å². The van der Waals surface area contributed by atoms with Crippen molar-refractivity contribution >= 4 is 5.91 Å². The Hall–Kier alpha value is -1.61. The van der Waals surface area contributed by atoms with Crippen molar-refractivity contribution in [1.82, 2.24) is 5.32 Å². The molecule has 0 radical (unpaired) electrons. The average molecular weight is 232 g/mol. The first kappa shape index (κ1) is 13.5. The van der Waals surface area contributed by atoms with Crippen LogP contribution in [0.15, 0.2) is 42.0 Å². The molecule has 0 saturated carbocycles. The summed E-state index contributed by atoms with van der Waals surface area (Å²) in [4.78, 5) is 11.7. The molecule has 1 amide bonds. The zero-order chi connectivity index (χ0) is 12.7. The monoisotopic (exact) mass is 232 g/mol. The molecule has 1 aromatic carbocycles.